The summed E-state index contributed by atoms with van der Waals surface area (Å²) in [6.45, 7) is 2.45. The van der Waals surface area contributed by atoms with E-state index in [0.717, 1.165) is 15.7 Å². The lowest BCUT2D eigenvalue weighted by atomic mass is 9.86. The monoisotopic (exact) mass is 378 g/mol. The van der Waals surface area contributed by atoms with E-state index in [9.17, 15) is 9.90 Å². The summed E-state index contributed by atoms with van der Waals surface area (Å²) in [5.74, 6) is 0. The van der Waals surface area contributed by atoms with Crippen LogP contribution in [0.1, 0.15) is 24.2 Å². The number of carbonyl (C=O) groups excluding carboxylic acids is 1. The Kier molecular flexibility index (Phi) is 4.16. The molecular weight excluding hydrogens is 360 g/mol. The SMILES string of the molecule is CC(NC(=O)N1CC(O)(c2cccc(Br)c2)C1)c1ccn(C)n1. The van der Waals surface area contributed by atoms with Crippen molar-refractivity contribution in [1.29, 1.82) is 0 Å². The van der Waals surface area contributed by atoms with Gasteiger partial charge in [-0.3, -0.25) is 4.68 Å². The van der Waals surface area contributed by atoms with Crippen molar-refractivity contribution in [1.82, 2.24) is 20.0 Å². The highest BCUT2D eigenvalue weighted by molar-refractivity contribution is 9.10. The largest absolute Gasteiger partial charge is 0.381 e. The summed E-state index contributed by atoms with van der Waals surface area (Å²) < 4.78 is 2.61. The van der Waals surface area contributed by atoms with E-state index in [-0.39, 0.29) is 25.2 Å². The predicted molar refractivity (Wildman–Crippen MR) is 89.8 cm³/mol. The molecule has 2 heterocycles. The van der Waals surface area contributed by atoms with Crippen LogP contribution in [0.4, 0.5) is 4.79 Å². The number of likely N-dealkylation sites (tertiary alicyclic amines) is 1. The Bertz CT molecular complexity index is 724. The van der Waals surface area contributed by atoms with Gasteiger partial charge in [-0.25, -0.2) is 4.79 Å². The van der Waals surface area contributed by atoms with E-state index in [1.807, 2.05) is 50.5 Å². The minimum Gasteiger partial charge on any atom is -0.381 e. The second kappa shape index (κ2) is 5.98. The minimum atomic E-state index is -0.977. The number of nitrogens with one attached hydrogen (secondary N) is 1. The van der Waals surface area contributed by atoms with E-state index in [1.165, 1.54) is 0 Å². The highest BCUT2D eigenvalue weighted by Gasteiger charge is 2.45. The van der Waals surface area contributed by atoms with Crippen LogP contribution in [0.5, 0.6) is 0 Å². The van der Waals surface area contributed by atoms with Gasteiger partial charge in [0.05, 0.1) is 24.8 Å². The second-order valence-corrected chi connectivity index (χ2v) is 6.90. The predicted octanol–water partition coefficient (Wildman–Crippen LogP) is 2.16. The second-order valence-electron chi connectivity index (χ2n) is 5.98. The molecular formula is C16H19BrN4O2. The van der Waals surface area contributed by atoms with Gasteiger partial charge in [0, 0.05) is 17.7 Å². The first kappa shape index (κ1) is 16.0. The van der Waals surface area contributed by atoms with Gasteiger partial charge in [0.15, 0.2) is 0 Å². The van der Waals surface area contributed by atoms with Crippen molar-refractivity contribution >= 4 is 22.0 Å². The number of β-amino-alcohol motifs (C(OH)–C–C–N with tert-alkyl or cyclic N) is 1. The molecule has 0 radical (unpaired) electrons. The first-order valence-electron chi connectivity index (χ1n) is 7.41. The highest BCUT2D eigenvalue weighted by atomic mass is 79.9. The fourth-order valence-electron chi connectivity index (χ4n) is 2.70. The van der Waals surface area contributed by atoms with Gasteiger partial charge in [0.1, 0.15) is 5.60 Å². The third-order valence-electron chi connectivity index (χ3n) is 4.07. The molecule has 1 aromatic carbocycles. The third-order valence-corrected chi connectivity index (χ3v) is 4.57. The Hall–Kier alpha value is -1.86. The zero-order valence-corrected chi connectivity index (χ0v) is 14.6. The Labute approximate surface area is 143 Å². The van der Waals surface area contributed by atoms with E-state index in [4.69, 9.17) is 0 Å². The van der Waals surface area contributed by atoms with Gasteiger partial charge in [-0.2, -0.15) is 5.10 Å². The molecule has 23 heavy (non-hydrogen) atoms. The molecule has 2 N–H and O–H groups in total. The lowest BCUT2D eigenvalue weighted by Gasteiger charge is -2.46. The Balaban J connectivity index is 1.59. The van der Waals surface area contributed by atoms with E-state index in [0.29, 0.717) is 0 Å². The van der Waals surface area contributed by atoms with Crippen molar-refractivity contribution in [3.63, 3.8) is 0 Å². The maximum atomic E-state index is 12.3. The normalized spacial score (nSPS) is 17.5. The Morgan fingerprint density at radius 3 is 2.78 bits per heavy atom. The van der Waals surface area contributed by atoms with Crippen LogP contribution in [-0.2, 0) is 12.6 Å². The average Bonchev–Trinajstić information content (AvgIpc) is 2.90. The molecule has 0 bridgehead atoms. The molecule has 1 aromatic heterocycles. The first-order chi connectivity index (χ1) is 10.9. The molecule has 0 saturated carbocycles. The summed E-state index contributed by atoms with van der Waals surface area (Å²) in [7, 11) is 1.84. The number of carbonyl (C=O) groups is 1. The summed E-state index contributed by atoms with van der Waals surface area (Å²) in [6.07, 6.45) is 1.84. The molecule has 0 spiro atoms. The maximum Gasteiger partial charge on any atom is 0.318 e. The molecule has 1 saturated heterocycles. The van der Waals surface area contributed by atoms with Gasteiger partial charge in [-0.1, -0.05) is 28.1 Å². The molecule has 1 atom stereocenters. The first-order valence-corrected chi connectivity index (χ1v) is 8.20. The summed E-state index contributed by atoms with van der Waals surface area (Å²) >= 11 is 3.40. The minimum absolute atomic E-state index is 0.178. The van der Waals surface area contributed by atoms with Crippen molar-refractivity contribution in [3.8, 4) is 0 Å². The van der Waals surface area contributed by atoms with Gasteiger partial charge in [0.25, 0.3) is 0 Å². The van der Waals surface area contributed by atoms with Crippen LogP contribution in [0.25, 0.3) is 0 Å². The van der Waals surface area contributed by atoms with Crippen LogP contribution in [0.3, 0.4) is 0 Å². The van der Waals surface area contributed by atoms with Crippen LogP contribution in [0.2, 0.25) is 0 Å². The number of hydrogen-bond acceptors (Lipinski definition) is 3. The lowest BCUT2D eigenvalue weighted by Crippen LogP contribution is -2.63. The molecule has 6 nitrogen and oxygen atoms in total. The van der Waals surface area contributed by atoms with Crippen molar-refractivity contribution in [3.05, 3.63) is 52.3 Å². The molecule has 3 rings (SSSR count). The third kappa shape index (κ3) is 3.25. The molecule has 1 fully saturated rings. The van der Waals surface area contributed by atoms with Crippen LogP contribution in [-0.4, -0.2) is 38.9 Å². The molecule has 1 aliphatic rings. The van der Waals surface area contributed by atoms with Crippen LogP contribution >= 0.6 is 15.9 Å². The van der Waals surface area contributed by atoms with E-state index in [2.05, 4.69) is 26.3 Å². The number of benzene rings is 1. The van der Waals surface area contributed by atoms with E-state index >= 15 is 0 Å². The number of urea groups is 1. The van der Waals surface area contributed by atoms with Gasteiger partial charge >= 0.3 is 6.03 Å². The number of aryl methyl sites for hydroxylation is 1. The summed E-state index contributed by atoms with van der Waals surface area (Å²) in [6, 6.07) is 9.04. The number of aromatic nitrogens is 2. The van der Waals surface area contributed by atoms with E-state index in [1.54, 1.807) is 9.58 Å². The Morgan fingerprint density at radius 1 is 1.43 bits per heavy atom. The molecule has 1 unspecified atom stereocenters. The number of amides is 2. The molecule has 122 valence electrons. The summed E-state index contributed by atoms with van der Waals surface area (Å²) in [5, 5.41) is 17.8. The summed E-state index contributed by atoms with van der Waals surface area (Å²) in [5.41, 5.74) is 0.646. The average molecular weight is 379 g/mol. The molecule has 2 amide bonds. The zero-order chi connectivity index (χ0) is 16.6. The fraction of sp³-hybridized carbons (Fsp3) is 0.375. The number of rotatable bonds is 3. The van der Waals surface area contributed by atoms with Crippen molar-refractivity contribution in [2.75, 3.05) is 13.1 Å². The van der Waals surface area contributed by atoms with Crippen molar-refractivity contribution in [2.24, 2.45) is 7.05 Å². The highest BCUT2D eigenvalue weighted by Crippen LogP contribution is 2.33. The quantitative estimate of drug-likeness (QED) is 0.859. The maximum absolute atomic E-state index is 12.3. The van der Waals surface area contributed by atoms with Gasteiger partial charge < -0.3 is 15.3 Å². The van der Waals surface area contributed by atoms with Gasteiger partial charge in [0.2, 0.25) is 0 Å². The van der Waals surface area contributed by atoms with Crippen molar-refractivity contribution < 1.29 is 9.90 Å². The van der Waals surface area contributed by atoms with Gasteiger partial charge in [-0.15, -0.1) is 0 Å². The van der Waals surface area contributed by atoms with Crippen LogP contribution in [0, 0.1) is 0 Å². The molecule has 1 aliphatic heterocycles. The number of nitrogens with zero attached hydrogens (tertiary/aromatic N) is 3. The van der Waals surface area contributed by atoms with Crippen LogP contribution in [0.15, 0.2) is 41.0 Å². The Morgan fingerprint density at radius 2 is 2.17 bits per heavy atom. The lowest BCUT2D eigenvalue weighted by molar-refractivity contribution is -0.0819. The number of halogens is 1. The molecule has 2 aromatic rings. The van der Waals surface area contributed by atoms with E-state index < -0.39 is 5.60 Å². The van der Waals surface area contributed by atoms with Crippen LogP contribution < -0.4 is 5.32 Å². The van der Waals surface area contributed by atoms with Crippen molar-refractivity contribution in [2.45, 2.75) is 18.6 Å². The topological polar surface area (TPSA) is 70.4 Å². The standard InChI is InChI=1S/C16H19BrN4O2/c1-11(14-6-7-20(2)19-14)18-15(22)21-9-16(23,10-21)12-4-3-5-13(17)8-12/h3-8,11,23H,9-10H2,1-2H3,(H,18,22). The molecule has 0 aliphatic carbocycles. The summed E-state index contributed by atoms with van der Waals surface area (Å²) in [4.78, 5) is 13.9. The fourth-order valence-corrected chi connectivity index (χ4v) is 3.10. The number of aliphatic hydroxyl groups is 1. The molecule has 7 heteroatoms. The smallest absolute Gasteiger partial charge is 0.318 e. The number of hydrogen-bond donors (Lipinski definition) is 2. The van der Waals surface area contributed by atoms with Gasteiger partial charge in [-0.05, 0) is 30.7 Å². The zero-order valence-electron chi connectivity index (χ0n) is 13.0.